The molecule has 0 saturated heterocycles. The molecule has 8 heteroatoms. The third-order valence-corrected chi connectivity index (χ3v) is 4.80. The summed E-state index contributed by atoms with van der Waals surface area (Å²) in [5, 5.41) is 3.51. The zero-order chi connectivity index (χ0) is 20.2. The van der Waals surface area contributed by atoms with Crippen molar-refractivity contribution >= 4 is 50.8 Å². The summed E-state index contributed by atoms with van der Waals surface area (Å²) < 4.78 is 20.8. The molecule has 6 nitrogen and oxygen atoms in total. The lowest BCUT2D eigenvalue weighted by molar-refractivity contribution is 0.0215. The Hall–Kier alpha value is -2.98. The molecular formula is C21H15FIN3O3. The summed E-state index contributed by atoms with van der Waals surface area (Å²) in [5.41, 5.74) is 4.25. The van der Waals surface area contributed by atoms with Crippen LogP contribution in [-0.4, -0.2) is 10.9 Å². The maximum atomic E-state index is 14.3. The van der Waals surface area contributed by atoms with E-state index in [2.05, 4.69) is 15.8 Å². The number of hydroxylamine groups is 1. The van der Waals surface area contributed by atoms with Gasteiger partial charge in [-0.25, -0.2) is 9.87 Å². The molecular weight excluding hydrogens is 488 g/mol. The van der Waals surface area contributed by atoms with E-state index in [0.717, 1.165) is 9.13 Å². The van der Waals surface area contributed by atoms with Gasteiger partial charge in [-0.1, -0.05) is 30.3 Å². The first kappa shape index (κ1) is 19.3. The van der Waals surface area contributed by atoms with Crippen molar-refractivity contribution in [1.29, 1.82) is 0 Å². The van der Waals surface area contributed by atoms with Crippen LogP contribution in [0.3, 0.4) is 0 Å². The highest BCUT2D eigenvalue weighted by Crippen LogP contribution is 2.33. The molecule has 4 rings (SSSR count). The highest BCUT2D eigenvalue weighted by Gasteiger charge is 2.22. The minimum absolute atomic E-state index is 0.0287. The van der Waals surface area contributed by atoms with Gasteiger partial charge >= 0.3 is 5.91 Å². The Balaban J connectivity index is 1.59. The number of carbonyl (C=O) groups is 1. The predicted octanol–water partition coefficient (Wildman–Crippen LogP) is 5.18. The Morgan fingerprint density at radius 2 is 2.00 bits per heavy atom. The number of fused-ring (bicyclic) bond motifs is 1. The first-order chi connectivity index (χ1) is 14.1. The minimum atomic E-state index is -0.592. The molecule has 1 amide bonds. The summed E-state index contributed by atoms with van der Waals surface area (Å²) in [6.07, 6.45) is 3.10. The molecule has 4 aromatic rings. The molecule has 0 aliphatic heterocycles. The Labute approximate surface area is 179 Å². The van der Waals surface area contributed by atoms with Crippen LogP contribution >= 0.6 is 22.6 Å². The van der Waals surface area contributed by atoms with Crippen LogP contribution in [0.5, 0.6) is 0 Å². The van der Waals surface area contributed by atoms with E-state index >= 15 is 0 Å². The number of pyridine rings is 1. The van der Waals surface area contributed by atoms with E-state index in [0.29, 0.717) is 16.7 Å². The molecule has 2 N–H and O–H groups in total. The van der Waals surface area contributed by atoms with Crippen LogP contribution in [0.25, 0.3) is 11.0 Å². The van der Waals surface area contributed by atoms with E-state index in [-0.39, 0.29) is 18.1 Å². The quantitative estimate of drug-likeness (QED) is 0.280. The summed E-state index contributed by atoms with van der Waals surface area (Å²) in [6, 6.07) is 15.8. The number of benzene rings is 2. The molecule has 2 aromatic heterocycles. The van der Waals surface area contributed by atoms with E-state index < -0.39 is 11.7 Å². The number of hydrogen-bond acceptors (Lipinski definition) is 5. The average Bonchev–Trinajstić information content (AvgIpc) is 3.09. The van der Waals surface area contributed by atoms with Gasteiger partial charge in [0, 0.05) is 16.0 Å². The van der Waals surface area contributed by atoms with Crippen LogP contribution in [0.2, 0.25) is 0 Å². The lowest BCUT2D eigenvalue weighted by Crippen LogP contribution is -2.23. The number of halogens is 2. The Morgan fingerprint density at radius 1 is 1.17 bits per heavy atom. The van der Waals surface area contributed by atoms with Crippen LogP contribution in [0.15, 0.2) is 71.4 Å². The van der Waals surface area contributed by atoms with Crippen molar-refractivity contribution in [2.45, 2.75) is 6.61 Å². The van der Waals surface area contributed by atoms with Crippen molar-refractivity contribution < 1.29 is 18.4 Å². The van der Waals surface area contributed by atoms with Crippen molar-refractivity contribution in [2.75, 3.05) is 5.32 Å². The lowest BCUT2D eigenvalue weighted by Gasteiger charge is -2.09. The first-order valence-corrected chi connectivity index (χ1v) is 9.74. The van der Waals surface area contributed by atoms with Crippen molar-refractivity contribution in [1.82, 2.24) is 10.5 Å². The Bertz CT molecular complexity index is 1160. The highest BCUT2D eigenvalue weighted by molar-refractivity contribution is 14.1. The second kappa shape index (κ2) is 8.58. The molecule has 0 bridgehead atoms. The average molecular weight is 503 g/mol. The number of nitrogens with zero attached hydrogens (tertiary/aromatic N) is 1. The SMILES string of the molecule is O=C(NOCc1ccccc1)c1oc2ccncc2c1Nc1ccc(I)cc1F. The summed E-state index contributed by atoms with van der Waals surface area (Å²) >= 11 is 2.03. The van der Waals surface area contributed by atoms with E-state index in [1.54, 1.807) is 30.6 Å². The fraction of sp³-hybridized carbons (Fsp3) is 0.0476. The molecule has 0 unspecified atom stereocenters. The number of carbonyl (C=O) groups excluding carboxylic acids is 1. The molecule has 0 atom stereocenters. The molecule has 146 valence electrons. The zero-order valence-corrected chi connectivity index (χ0v) is 17.1. The van der Waals surface area contributed by atoms with Gasteiger partial charge in [0.15, 0.2) is 0 Å². The van der Waals surface area contributed by atoms with Crippen LogP contribution < -0.4 is 10.8 Å². The van der Waals surface area contributed by atoms with Gasteiger partial charge < -0.3 is 9.73 Å². The van der Waals surface area contributed by atoms with E-state index in [1.165, 1.54) is 6.07 Å². The number of nitrogens with one attached hydrogen (secondary N) is 2. The molecule has 0 saturated carbocycles. The summed E-state index contributed by atoms with van der Waals surface area (Å²) in [4.78, 5) is 22.0. The maximum Gasteiger partial charge on any atom is 0.312 e. The Morgan fingerprint density at radius 3 is 2.79 bits per heavy atom. The molecule has 0 aliphatic carbocycles. The molecule has 0 fully saturated rings. The summed E-state index contributed by atoms with van der Waals surface area (Å²) in [5.74, 6) is -1.06. The molecule has 0 aliphatic rings. The maximum absolute atomic E-state index is 14.3. The first-order valence-electron chi connectivity index (χ1n) is 8.66. The normalized spacial score (nSPS) is 10.8. The van der Waals surface area contributed by atoms with Gasteiger partial charge in [-0.05, 0) is 52.4 Å². The van der Waals surface area contributed by atoms with Gasteiger partial charge in [0.2, 0.25) is 5.76 Å². The third kappa shape index (κ3) is 4.38. The van der Waals surface area contributed by atoms with Crippen LogP contribution in [0, 0.1) is 9.39 Å². The number of furan rings is 1. The number of amides is 1. The van der Waals surface area contributed by atoms with Gasteiger partial charge in [-0.3, -0.25) is 14.6 Å². The smallest absolute Gasteiger partial charge is 0.312 e. The molecule has 0 spiro atoms. The zero-order valence-electron chi connectivity index (χ0n) is 15.0. The van der Waals surface area contributed by atoms with Crippen molar-refractivity contribution in [3.63, 3.8) is 0 Å². The van der Waals surface area contributed by atoms with Gasteiger partial charge in [0.25, 0.3) is 0 Å². The van der Waals surface area contributed by atoms with Crippen molar-refractivity contribution in [2.24, 2.45) is 0 Å². The number of rotatable bonds is 6. The van der Waals surface area contributed by atoms with E-state index in [4.69, 9.17) is 9.25 Å². The molecule has 29 heavy (non-hydrogen) atoms. The fourth-order valence-corrected chi connectivity index (χ4v) is 3.21. The number of anilines is 2. The topological polar surface area (TPSA) is 76.4 Å². The standard InChI is InChI=1S/C21H15FIN3O3/c22-16-10-14(23)6-7-17(16)25-19-15-11-24-9-8-18(15)29-20(19)21(27)26-28-12-13-4-2-1-3-5-13/h1-11,25H,12H2,(H,26,27). The number of hydrogen-bond donors (Lipinski definition) is 2. The van der Waals surface area contributed by atoms with Gasteiger partial charge in [-0.2, -0.15) is 0 Å². The van der Waals surface area contributed by atoms with Crippen LogP contribution in [-0.2, 0) is 11.4 Å². The van der Waals surface area contributed by atoms with Gasteiger partial charge in [-0.15, -0.1) is 0 Å². The second-order valence-electron chi connectivity index (χ2n) is 6.13. The summed E-state index contributed by atoms with van der Waals surface area (Å²) in [7, 11) is 0. The van der Waals surface area contributed by atoms with Crippen molar-refractivity contribution in [3.8, 4) is 0 Å². The van der Waals surface area contributed by atoms with Crippen LogP contribution in [0.1, 0.15) is 16.1 Å². The Kier molecular flexibility index (Phi) is 5.72. The largest absolute Gasteiger partial charge is 0.448 e. The predicted molar refractivity (Wildman–Crippen MR) is 115 cm³/mol. The van der Waals surface area contributed by atoms with Gasteiger partial charge in [0.1, 0.15) is 17.1 Å². The third-order valence-electron chi connectivity index (χ3n) is 4.13. The minimum Gasteiger partial charge on any atom is -0.448 e. The van der Waals surface area contributed by atoms with E-state index in [1.807, 2.05) is 52.9 Å². The number of aromatic nitrogens is 1. The van der Waals surface area contributed by atoms with Crippen molar-refractivity contribution in [3.05, 3.63) is 87.7 Å². The highest BCUT2D eigenvalue weighted by atomic mass is 127. The summed E-state index contributed by atoms with van der Waals surface area (Å²) in [6.45, 7) is 0.197. The van der Waals surface area contributed by atoms with E-state index in [9.17, 15) is 9.18 Å². The van der Waals surface area contributed by atoms with Gasteiger partial charge in [0.05, 0.1) is 17.7 Å². The molecule has 0 radical (unpaired) electrons. The lowest BCUT2D eigenvalue weighted by atomic mass is 10.2. The fourth-order valence-electron chi connectivity index (χ4n) is 2.76. The van der Waals surface area contributed by atoms with Crippen LogP contribution in [0.4, 0.5) is 15.8 Å². The molecule has 2 aromatic carbocycles. The molecule has 2 heterocycles. The second-order valence-corrected chi connectivity index (χ2v) is 7.38. The monoisotopic (exact) mass is 503 g/mol.